The number of hydrogen-bond acceptors (Lipinski definition) is 8. The zero-order valence-electron chi connectivity index (χ0n) is 25.2. The highest BCUT2D eigenvalue weighted by molar-refractivity contribution is 6.06. The van der Waals surface area contributed by atoms with Crippen molar-refractivity contribution in [1.82, 2.24) is 19.7 Å². The number of benzene rings is 2. The number of halogens is 3. The number of ether oxygens (including phenoxy) is 2. The van der Waals surface area contributed by atoms with Crippen molar-refractivity contribution in [2.24, 2.45) is 12.8 Å². The van der Waals surface area contributed by atoms with Gasteiger partial charge in [0, 0.05) is 62.3 Å². The molecule has 1 aliphatic heterocycles. The van der Waals surface area contributed by atoms with Crippen molar-refractivity contribution in [3.63, 3.8) is 0 Å². The van der Waals surface area contributed by atoms with Gasteiger partial charge in [0.25, 0.3) is 5.91 Å². The minimum atomic E-state index is -4.90. The van der Waals surface area contributed by atoms with Crippen LogP contribution in [0.5, 0.6) is 11.5 Å². The summed E-state index contributed by atoms with van der Waals surface area (Å²) < 4.78 is 51.1. The third-order valence-electron chi connectivity index (χ3n) is 7.37. The number of aromatic nitrogens is 2. The molecular formula is C30H38F3N7O3. The van der Waals surface area contributed by atoms with Gasteiger partial charge in [0.15, 0.2) is 0 Å². The number of hydrazine groups is 1. The second kappa shape index (κ2) is 13.0. The Hall–Kier alpha value is -4.23. The third-order valence-corrected chi connectivity index (χ3v) is 7.37. The van der Waals surface area contributed by atoms with E-state index in [9.17, 15) is 18.0 Å². The molecule has 0 radical (unpaired) electrons. The van der Waals surface area contributed by atoms with Gasteiger partial charge in [0.1, 0.15) is 11.5 Å². The van der Waals surface area contributed by atoms with E-state index in [1.54, 1.807) is 40.3 Å². The summed E-state index contributed by atoms with van der Waals surface area (Å²) in [5, 5.41) is 10.6. The Morgan fingerprint density at radius 1 is 1.16 bits per heavy atom. The molecule has 1 amide bonds. The number of alkyl halides is 3. The first-order chi connectivity index (χ1) is 20.3. The average molecular weight is 602 g/mol. The van der Waals surface area contributed by atoms with Gasteiger partial charge < -0.3 is 20.5 Å². The van der Waals surface area contributed by atoms with E-state index in [1.807, 2.05) is 40.0 Å². The molecule has 1 fully saturated rings. The van der Waals surface area contributed by atoms with E-state index in [2.05, 4.69) is 20.1 Å². The fourth-order valence-corrected chi connectivity index (χ4v) is 5.06. The summed E-state index contributed by atoms with van der Waals surface area (Å²) >= 11 is 0. The monoisotopic (exact) mass is 601 g/mol. The Labute approximate surface area is 249 Å². The largest absolute Gasteiger partial charge is 0.573 e. The van der Waals surface area contributed by atoms with Gasteiger partial charge in [-0.2, -0.15) is 5.10 Å². The van der Waals surface area contributed by atoms with E-state index in [1.165, 1.54) is 13.2 Å². The second-order valence-corrected chi connectivity index (χ2v) is 10.7. The Balaban J connectivity index is 1.68. The molecule has 3 aromatic rings. The average Bonchev–Trinajstić information content (AvgIpc) is 3.56. The molecule has 0 spiro atoms. The van der Waals surface area contributed by atoms with Crippen LogP contribution in [0.25, 0.3) is 5.70 Å². The van der Waals surface area contributed by atoms with Crippen LogP contribution in [0.3, 0.4) is 0 Å². The lowest BCUT2D eigenvalue weighted by molar-refractivity contribution is -0.274. The van der Waals surface area contributed by atoms with Gasteiger partial charge in [-0.3, -0.25) is 19.4 Å². The molecule has 4 rings (SSSR count). The van der Waals surface area contributed by atoms with Crippen LogP contribution in [0.4, 0.5) is 24.5 Å². The number of amides is 1. The van der Waals surface area contributed by atoms with Crippen LogP contribution in [0.15, 0.2) is 42.7 Å². The van der Waals surface area contributed by atoms with E-state index >= 15 is 0 Å². The number of aryl methyl sites for hydroxylation is 2. The lowest BCUT2D eigenvalue weighted by Gasteiger charge is -2.30. The minimum Gasteiger partial charge on any atom is -0.494 e. The Morgan fingerprint density at radius 3 is 2.44 bits per heavy atom. The third kappa shape index (κ3) is 7.59. The molecule has 3 N–H and O–H groups in total. The number of carbonyl (C=O) groups is 1. The summed E-state index contributed by atoms with van der Waals surface area (Å²) in [7, 11) is 6.93. The number of nitrogens with two attached hydrogens (primary N) is 1. The molecule has 1 aromatic heterocycles. The van der Waals surface area contributed by atoms with Crippen LogP contribution in [-0.4, -0.2) is 66.3 Å². The molecule has 13 heteroatoms. The summed E-state index contributed by atoms with van der Waals surface area (Å²) in [4.78, 5) is 15.7. The predicted molar refractivity (Wildman–Crippen MR) is 160 cm³/mol. The maximum absolute atomic E-state index is 13.6. The maximum Gasteiger partial charge on any atom is 0.573 e. The molecule has 1 aliphatic rings. The number of rotatable bonds is 10. The highest BCUT2D eigenvalue weighted by atomic mass is 19.4. The Morgan fingerprint density at radius 2 is 1.86 bits per heavy atom. The molecule has 1 saturated heterocycles. The molecule has 232 valence electrons. The molecule has 0 unspecified atom stereocenters. The van der Waals surface area contributed by atoms with E-state index in [0.717, 1.165) is 48.8 Å². The Kier molecular flexibility index (Phi) is 9.55. The van der Waals surface area contributed by atoms with Gasteiger partial charge in [0.2, 0.25) is 0 Å². The van der Waals surface area contributed by atoms with Gasteiger partial charge in [-0.15, -0.1) is 13.2 Å². The number of hydrogen-bond donors (Lipinski definition) is 2. The molecule has 43 heavy (non-hydrogen) atoms. The lowest BCUT2D eigenvalue weighted by Crippen LogP contribution is -2.33. The van der Waals surface area contributed by atoms with E-state index < -0.39 is 18.0 Å². The van der Waals surface area contributed by atoms with Crippen LogP contribution in [-0.2, 0) is 13.6 Å². The van der Waals surface area contributed by atoms with Crippen molar-refractivity contribution in [1.29, 1.82) is 0 Å². The second-order valence-electron chi connectivity index (χ2n) is 10.7. The molecule has 0 atom stereocenters. The van der Waals surface area contributed by atoms with E-state index in [4.69, 9.17) is 10.5 Å². The maximum atomic E-state index is 13.6. The first-order valence-corrected chi connectivity index (χ1v) is 13.8. The summed E-state index contributed by atoms with van der Waals surface area (Å²) in [5.41, 5.74) is 11.0. The minimum absolute atomic E-state index is 0.0752. The molecule has 10 nitrogen and oxygen atoms in total. The fourth-order valence-electron chi connectivity index (χ4n) is 5.06. The molecular weight excluding hydrogens is 563 g/mol. The number of nitrogens with zero attached hydrogens (tertiary/aromatic N) is 5. The van der Waals surface area contributed by atoms with Crippen LogP contribution in [0.1, 0.15) is 45.6 Å². The number of carbonyl (C=O) groups excluding carboxylic acids is 1. The lowest BCUT2D eigenvalue weighted by atomic mass is 10.1. The van der Waals surface area contributed by atoms with Crippen LogP contribution in [0.2, 0.25) is 0 Å². The molecule has 0 bridgehead atoms. The fraction of sp³-hybridized carbons (Fsp3) is 0.400. The standard InChI is InChI=1S/C30H38F3N7O3/c1-19-9-10-21(14-27(19)40(37(3)4)18-25(34)24-16-35-38(5)20(24)2)29(41)36-26-15-23(43-30(31,32)33)13-22(28(26)42-6)17-39-11-7-8-12-39/h9-10,13-16,18H,7-8,11-12,17,34H2,1-6H3,(H,36,41)/b25-18-. The highest BCUT2D eigenvalue weighted by Gasteiger charge is 2.32. The number of likely N-dealkylation sites (tertiary alicyclic amines) is 1. The van der Waals surface area contributed by atoms with Crippen molar-refractivity contribution in [3.8, 4) is 11.5 Å². The smallest absolute Gasteiger partial charge is 0.494 e. The first-order valence-electron chi connectivity index (χ1n) is 13.8. The normalized spacial score (nSPS) is 14.3. The quantitative estimate of drug-likeness (QED) is 0.312. The van der Waals surface area contributed by atoms with Gasteiger partial charge in [-0.05, 0) is 63.5 Å². The summed E-state index contributed by atoms with van der Waals surface area (Å²) in [5.74, 6) is -0.693. The van der Waals surface area contributed by atoms with E-state index in [-0.39, 0.29) is 17.0 Å². The van der Waals surface area contributed by atoms with Crippen LogP contribution < -0.4 is 25.5 Å². The van der Waals surface area contributed by atoms with Crippen LogP contribution in [0, 0.1) is 13.8 Å². The van der Waals surface area contributed by atoms with Crippen molar-refractivity contribution < 1.29 is 27.4 Å². The van der Waals surface area contributed by atoms with Crippen molar-refractivity contribution in [2.75, 3.05) is 44.6 Å². The van der Waals surface area contributed by atoms with Gasteiger partial charge >= 0.3 is 6.36 Å². The number of anilines is 2. The first kappa shape index (κ1) is 31.7. The summed E-state index contributed by atoms with van der Waals surface area (Å²) in [6.45, 7) is 5.82. The van der Waals surface area contributed by atoms with Crippen molar-refractivity contribution in [2.45, 2.75) is 39.6 Å². The predicted octanol–water partition coefficient (Wildman–Crippen LogP) is 5.03. The van der Waals surface area contributed by atoms with Crippen LogP contribution >= 0.6 is 0 Å². The summed E-state index contributed by atoms with van der Waals surface area (Å²) in [6, 6.07) is 7.56. The molecule has 2 aromatic carbocycles. The van der Waals surface area contributed by atoms with Gasteiger partial charge in [-0.25, -0.2) is 5.01 Å². The summed E-state index contributed by atoms with van der Waals surface area (Å²) in [6.07, 6.45) is 0.555. The SMILES string of the molecule is COc1c(CN2CCCC2)cc(OC(F)(F)F)cc1NC(=O)c1ccc(C)c(N(/C=C(\N)c2cnn(C)c2C)N(C)C)c1. The van der Waals surface area contributed by atoms with E-state index in [0.29, 0.717) is 23.5 Å². The van der Waals surface area contributed by atoms with Crippen molar-refractivity contribution in [3.05, 3.63) is 70.7 Å². The van der Waals surface area contributed by atoms with Gasteiger partial charge in [0.05, 0.1) is 30.4 Å². The van der Waals surface area contributed by atoms with Gasteiger partial charge in [-0.1, -0.05) is 6.07 Å². The highest BCUT2D eigenvalue weighted by Crippen LogP contribution is 2.37. The topological polar surface area (TPSA) is 101 Å². The van der Waals surface area contributed by atoms with Crippen molar-refractivity contribution >= 4 is 23.0 Å². The Bertz CT molecular complexity index is 1490. The number of nitrogens with one attached hydrogen (secondary N) is 1. The molecule has 0 aliphatic carbocycles. The zero-order chi connectivity index (χ0) is 31.5. The zero-order valence-corrected chi connectivity index (χ0v) is 25.2. The molecule has 0 saturated carbocycles. The number of methoxy groups -OCH3 is 1. The molecule has 2 heterocycles.